The Hall–Kier alpha value is -1.70. The summed E-state index contributed by atoms with van der Waals surface area (Å²) in [5.41, 5.74) is 3.94. The Labute approximate surface area is 157 Å². The van der Waals surface area contributed by atoms with Crippen molar-refractivity contribution < 1.29 is 8.78 Å². The second kappa shape index (κ2) is 9.85. The minimum Gasteiger partial charge on any atom is -0.204 e. The summed E-state index contributed by atoms with van der Waals surface area (Å²) < 4.78 is 27.3. The molecule has 2 aromatic carbocycles. The quantitative estimate of drug-likeness (QED) is 0.535. The van der Waals surface area contributed by atoms with E-state index in [2.05, 4.69) is 31.2 Å². The molecule has 0 N–H and O–H groups in total. The molecule has 1 saturated carbocycles. The maximum absolute atomic E-state index is 13.9. The molecule has 1 aliphatic rings. The van der Waals surface area contributed by atoms with Crippen molar-refractivity contribution in [2.24, 2.45) is 5.92 Å². The van der Waals surface area contributed by atoms with Gasteiger partial charge in [0.15, 0.2) is 11.6 Å². The van der Waals surface area contributed by atoms with Crippen LogP contribution in [0, 0.1) is 24.5 Å². The number of rotatable bonds is 4. The second-order valence-electron chi connectivity index (χ2n) is 7.36. The van der Waals surface area contributed by atoms with Crippen LogP contribution < -0.4 is 0 Å². The zero-order valence-corrected chi connectivity index (χ0v) is 16.6. The van der Waals surface area contributed by atoms with Crippen LogP contribution in [-0.2, 0) is 12.8 Å². The molecule has 0 atom stereocenters. The van der Waals surface area contributed by atoms with E-state index in [1.807, 2.05) is 20.8 Å². The SMILES string of the molecule is CC.Cc1ccc(F)c(F)c1CCc1ccc(C2CCC(C)CC2)cc1. The second-order valence-corrected chi connectivity index (χ2v) is 7.36. The van der Waals surface area contributed by atoms with Gasteiger partial charge >= 0.3 is 0 Å². The number of benzene rings is 2. The normalized spacial score (nSPS) is 19.6. The molecule has 0 heterocycles. The van der Waals surface area contributed by atoms with Crippen LogP contribution in [0.2, 0.25) is 0 Å². The van der Waals surface area contributed by atoms with E-state index in [-0.39, 0.29) is 0 Å². The monoisotopic (exact) mass is 358 g/mol. The van der Waals surface area contributed by atoms with Gasteiger partial charge in [0, 0.05) is 0 Å². The Morgan fingerprint density at radius 2 is 1.46 bits per heavy atom. The zero-order valence-electron chi connectivity index (χ0n) is 16.6. The van der Waals surface area contributed by atoms with Gasteiger partial charge in [0.1, 0.15) is 0 Å². The summed E-state index contributed by atoms with van der Waals surface area (Å²) in [4.78, 5) is 0. The van der Waals surface area contributed by atoms with Crippen LogP contribution >= 0.6 is 0 Å². The molecule has 2 heteroatoms. The highest BCUT2D eigenvalue weighted by Gasteiger charge is 2.19. The summed E-state index contributed by atoms with van der Waals surface area (Å²) in [5.74, 6) is 0.114. The minimum absolute atomic E-state index is 0.500. The molecule has 0 aromatic heterocycles. The fraction of sp³-hybridized carbons (Fsp3) is 0.500. The lowest BCUT2D eigenvalue weighted by Gasteiger charge is -2.26. The van der Waals surface area contributed by atoms with Crippen molar-refractivity contribution in [2.45, 2.75) is 72.1 Å². The van der Waals surface area contributed by atoms with Crippen molar-refractivity contribution in [2.75, 3.05) is 0 Å². The van der Waals surface area contributed by atoms with Crippen LogP contribution in [0.4, 0.5) is 8.78 Å². The van der Waals surface area contributed by atoms with Gasteiger partial charge in [-0.25, -0.2) is 8.78 Å². The predicted molar refractivity (Wildman–Crippen MR) is 107 cm³/mol. The Morgan fingerprint density at radius 3 is 2.08 bits per heavy atom. The average Bonchev–Trinajstić information content (AvgIpc) is 2.68. The Morgan fingerprint density at radius 1 is 0.846 bits per heavy atom. The first kappa shape index (κ1) is 20.6. The van der Waals surface area contributed by atoms with Gasteiger partial charge in [0.25, 0.3) is 0 Å². The molecule has 0 nitrogen and oxygen atoms in total. The smallest absolute Gasteiger partial charge is 0.162 e. The lowest BCUT2D eigenvalue weighted by molar-refractivity contribution is 0.348. The first-order chi connectivity index (χ1) is 12.5. The fourth-order valence-electron chi connectivity index (χ4n) is 3.82. The van der Waals surface area contributed by atoms with Crippen molar-refractivity contribution in [3.05, 3.63) is 70.3 Å². The van der Waals surface area contributed by atoms with E-state index in [0.29, 0.717) is 17.9 Å². The minimum atomic E-state index is -0.752. The summed E-state index contributed by atoms with van der Waals surface area (Å²) in [6, 6.07) is 11.6. The Balaban J connectivity index is 0.00000117. The molecule has 0 amide bonds. The van der Waals surface area contributed by atoms with Crippen molar-refractivity contribution in [3.8, 4) is 0 Å². The van der Waals surface area contributed by atoms with Crippen LogP contribution in [-0.4, -0.2) is 0 Å². The van der Waals surface area contributed by atoms with E-state index < -0.39 is 11.6 Å². The topological polar surface area (TPSA) is 0 Å². The third-order valence-electron chi connectivity index (χ3n) is 5.56. The Kier molecular flexibility index (Phi) is 7.81. The van der Waals surface area contributed by atoms with Crippen molar-refractivity contribution in [3.63, 3.8) is 0 Å². The molecule has 1 fully saturated rings. The standard InChI is InChI=1S/C22H26F2.C2H6/c1-15-3-9-18(10-4-15)19-11-6-17(7-12-19)8-13-20-16(2)5-14-21(23)22(20)24;1-2/h5-7,11-12,14-15,18H,3-4,8-10,13H2,1-2H3;1-2H3. The van der Waals surface area contributed by atoms with Crippen molar-refractivity contribution >= 4 is 0 Å². The van der Waals surface area contributed by atoms with Gasteiger partial charge in [-0.3, -0.25) is 0 Å². The van der Waals surface area contributed by atoms with Crippen LogP contribution in [0.15, 0.2) is 36.4 Å². The molecular formula is C24H32F2. The fourth-order valence-corrected chi connectivity index (χ4v) is 3.82. The van der Waals surface area contributed by atoms with Gasteiger partial charge in [0.05, 0.1) is 0 Å². The van der Waals surface area contributed by atoms with E-state index in [9.17, 15) is 8.78 Å². The maximum atomic E-state index is 13.9. The highest BCUT2D eigenvalue weighted by Crippen LogP contribution is 2.35. The molecule has 1 aliphatic carbocycles. The van der Waals surface area contributed by atoms with E-state index >= 15 is 0 Å². The van der Waals surface area contributed by atoms with Gasteiger partial charge < -0.3 is 0 Å². The molecule has 2 aromatic rings. The van der Waals surface area contributed by atoms with Crippen molar-refractivity contribution in [1.29, 1.82) is 0 Å². The number of aryl methyl sites for hydroxylation is 2. The van der Waals surface area contributed by atoms with E-state index in [1.165, 1.54) is 42.9 Å². The van der Waals surface area contributed by atoms with Crippen LogP contribution in [0.25, 0.3) is 0 Å². The summed E-state index contributed by atoms with van der Waals surface area (Å²) in [6.45, 7) is 8.18. The summed E-state index contributed by atoms with van der Waals surface area (Å²) in [6.07, 6.45) is 6.50. The molecule has 0 saturated heterocycles. The van der Waals surface area contributed by atoms with Crippen LogP contribution in [0.5, 0.6) is 0 Å². The van der Waals surface area contributed by atoms with Crippen molar-refractivity contribution in [1.82, 2.24) is 0 Å². The first-order valence-electron chi connectivity index (χ1n) is 10.1. The predicted octanol–water partition coefficient (Wildman–Crippen LogP) is 7.38. The van der Waals surface area contributed by atoms with Gasteiger partial charge in [0.2, 0.25) is 0 Å². The van der Waals surface area contributed by atoms with Crippen LogP contribution in [0.1, 0.15) is 74.6 Å². The van der Waals surface area contributed by atoms with Gasteiger partial charge in [-0.2, -0.15) is 0 Å². The van der Waals surface area contributed by atoms with E-state index in [4.69, 9.17) is 0 Å². The van der Waals surface area contributed by atoms with E-state index in [0.717, 1.165) is 17.9 Å². The largest absolute Gasteiger partial charge is 0.204 e. The molecule has 26 heavy (non-hydrogen) atoms. The molecule has 0 unspecified atom stereocenters. The lowest BCUT2D eigenvalue weighted by atomic mass is 9.79. The Bertz CT molecular complexity index is 680. The molecule has 3 rings (SSSR count). The van der Waals surface area contributed by atoms with Gasteiger partial charge in [-0.05, 0) is 72.8 Å². The number of hydrogen-bond donors (Lipinski definition) is 0. The summed E-state index contributed by atoms with van der Waals surface area (Å²) in [5, 5.41) is 0. The number of halogens is 2. The van der Waals surface area contributed by atoms with Crippen LogP contribution in [0.3, 0.4) is 0 Å². The summed E-state index contributed by atoms with van der Waals surface area (Å²) in [7, 11) is 0. The van der Waals surface area contributed by atoms with Gasteiger partial charge in [-0.1, -0.05) is 63.9 Å². The zero-order chi connectivity index (χ0) is 19.1. The average molecular weight is 359 g/mol. The molecule has 0 bridgehead atoms. The first-order valence-corrected chi connectivity index (χ1v) is 10.1. The maximum Gasteiger partial charge on any atom is 0.162 e. The molecule has 0 radical (unpaired) electrons. The van der Waals surface area contributed by atoms with E-state index in [1.54, 1.807) is 6.07 Å². The highest BCUT2D eigenvalue weighted by atomic mass is 19.2. The third kappa shape index (κ3) is 5.16. The highest BCUT2D eigenvalue weighted by molar-refractivity contribution is 5.31. The lowest BCUT2D eigenvalue weighted by Crippen LogP contribution is -2.10. The number of hydrogen-bond acceptors (Lipinski definition) is 0. The molecular weight excluding hydrogens is 326 g/mol. The van der Waals surface area contributed by atoms with Gasteiger partial charge in [-0.15, -0.1) is 0 Å². The third-order valence-corrected chi connectivity index (χ3v) is 5.56. The molecule has 0 aliphatic heterocycles. The molecule has 142 valence electrons. The molecule has 0 spiro atoms. The summed E-state index contributed by atoms with van der Waals surface area (Å²) >= 11 is 0.